The molecular formula is C15H15F3N4O2. The normalized spacial score (nSPS) is 17.9. The van der Waals surface area contributed by atoms with Crippen LogP contribution in [0.15, 0.2) is 24.3 Å². The molecule has 9 heteroatoms. The monoisotopic (exact) mass is 340 g/mol. The van der Waals surface area contributed by atoms with E-state index >= 15 is 0 Å². The van der Waals surface area contributed by atoms with Gasteiger partial charge < -0.3 is 10.1 Å². The average Bonchev–Trinajstić information content (AvgIpc) is 3.17. The molecule has 1 fully saturated rings. The molecule has 1 aliphatic heterocycles. The summed E-state index contributed by atoms with van der Waals surface area (Å²) in [6.07, 6.45) is -3.03. The lowest BCUT2D eigenvalue weighted by Gasteiger charge is -2.07. The van der Waals surface area contributed by atoms with E-state index in [2.05, 4.69) is 20.5 Å². The fraction of sp³-hybridized carbons (Fsp3) is 0.400. The van der Waals surface area contributed by atoms with Crippen LogP contribution in [0.1, 0.15) is 36.0 Å². The molecule has 1 atom stereocenters. The highest BCUT2D eigenvalue weighted by Crippen LogP contribution is 2.28. The van der Waals surface area contributed by atoms with Crippen LogP contribution in [0.2, 0.25) is 0 Å². The molecule has 3 rings (SSSR count). The van der Waals surface area contributed by atoms with Crippen molar-refractivity contribution in [3.05, 3.63) is 41.3 Å². The predicted octanol–water partition coefficient (Wildman–Crippen LogP) is 2.86. The molecule has 24 heavy (non-hydrogen) atoms. The van der Waals surface area contributed by atoms with Crippen molar-refractivity contribution in [3.8, 4) is 0 Å². The number of aromatic nitrogens is 3. The zero-order chi connectivity index (χ0) is 17.2. The van der Waals surface area contributed by atoms with Crippen molar-refractivity contribution >= 4 is 11.7 Å². The number of hydrogen-bond acceptors (Lipinski definition) is 4. The SMILES string of the molecule is O=C(Cc1cccc(C(F)(F)F)n1)Nc1cc(C2CCCO2)[nH]n1. The van der Waals surface area contributed by atoms with Crippen LogP contribution in [0.4, 0.5) is 19.0 Å². The second kappa shape index (κ2) is 6.60. The van der Waals surface area contributed by atoms with Gasteiger partial charge in [0.1, 0.15) is 5.69 Å². The van der Waals surface area contributed by atoms with Crippen molar-refractivity contribution in [2.24, 2.45) is 0 Å². The van der Waals surface area contributed by atoms with Gasteiger partial charge in [0.15, 0.2) is 5.82 Å². The van der Waals surface area contributed by atoms with Crippen molar-refractivity contribution < 1.29 is 22.7 Å². The number of alkyl halides is 3. The summed E-state index contributed by atoms with van der Waals surface area (Å²) in [5.74, 6) is -0.190. The molecule has 0 aromatic carbocycles. The summed E-state index contributed by atoms with van der Waals surface area (Å²) < 4.78 is 43.3. The maximum atomic E-state index is 12.6. The number of rotatable bonds is 4. The van der Waals surface area contributed by atoms with Crippen molar-refractivity contribution in [2.45, 2.75) is 31.5 Å². The van der Waals surface area contributed by atoms with E-state index in [1.54, 1.807) is 6.07 Å². The highest BCUT2D eigenvalue weighted by atomic mass is 19.4. The lowest BCUT2D eigenvalue weighted by Crippen LogP contribution is -2.17. The van der Waals surface area contributed by atoms with Gasteiger partial charge in [0.05, 0.1) is 23.9 Å². The molecule has 3 heterocycles. The van der Waals surface area contributed by atoms with Gasteiger partial charge >= 0.3 is 6.18 Å². The number of halogens is 3. The molecule has 6 nitrogen and oxygen atoms in total. The second-order valence-corrected chi connectivity index (χ2v) is 5.45. The van der Waals surface area contributed by atoms with E-state index in [4.69, 9.17) is 4.74 Å². The third-order valence-corrected chi connectivity index (χ3v) is 3.58. The number of hydrogen-bond donors (Lipinski definition) is 2. The molecule has 2 N–H and O–H groups in total. The molecule has 0 saturated carbocycles. The van der Waals surface area contributed by atoms with Crippen LogP contribution < -0.4 is 5.32 Å². The standard InChI is InChI=1S/C15H15F3N4O2/c16-15(17,18)12-5-1-3-9(19-12)7-14(23)20-13-8-10(21-22-13)11-4-2-6-24-11/h1,3,5,8,11H,2,4,6-7H2,(H2,20,21,22,23). The molecule has 0 bridgehead atoms. The number of carbonyl (C=O) groups is 1. The summed E-state index contributed by atoms with van der Waals surface area (Å²) >= 11 is 0. The molecule has 0 spiro atoms. The first-order chi connectivity index (χ1) is 11.4. The first kappa shape index (κ1) is 16.4. The summed E-state index contributed by atoms with van der Waals surface area (Å²) in [4.78, 5) is 15.4. The van der Waals surface area contributed by atoms with E-state index < -0.39 is 17.8 Å². The minimum Gasteiger partial charge on any atom is -0.372 e. The fourth-order valence-corrected chi connectivity index (χ4v) is 2.48. The van der Waals surface area contributed by atoms with Crippen LogP contribution in [0.25, 0.3) is 0 Å². The van der Waals surface area contributed by atoms with E-state index in [1.165, 1.54) is 12.1 Å². The van der Waals surface area contributed by atoms with E-state index in [0.29, 0.717) is 12.4 Å². The van der Waals surface area contributed by atoms with Gasteiger partial charge in [0.25, 0.3) is 0 Å². The molecule has 1 amide bonds. The van der Waals surface area contributed by atoms with Gasteiger partial charge in [-0.25, -0.2) is 4.98 Å². The molecular weight excluding hydrogens is 325 g/mol. The number of pyridine rings is 1. The summed E-state index contributed by atoms with van der Waals surface area (Å²) in [5.41, 5.74) is -0.217. The Labute approximate surface area is 135 Å². The number of nitrogens with one attached hydrogen (secondary N) is 2. The maximum absolute atomic E-state index is 12.6. The molecule has 2 aromatic rings. The predicted molar refractivity (Wildman–Crippen MR) is 78.1 cm³/mol. The average molecular weight is 340 g/mol. The van der Waals surface area contributed by atoms with E-state index in [-0.39, 0.29) is 18.2 Å². The lowest BCUT2D eigenvalue weighted by atomic mass is 10.2. The van der Waals surface area contributed by atoms with E-state index in [1.807, 2.05) is 0 Å². The third-order valence-electron chi connectivity index (χ3n) is 3.58. The zero-order valence-electron chi connectivity index (χ0n) is 12.6. The van der Waals surface area contributed by atoms with Gasteiger partial charge in [0.2, 0.25) is 5.91 Å². The molecule has 2 aromatic heterocycles. The molecule has 0 aliphatic carbocycles. The van der Waals surface area contributed by atoms with Crippen LogP contribution in [0, 0.1) is 0 Å². The maximum Gasteiger partial charge on any atom is 0.433 e. The minimum absolute atomic E-state index is 0.0391. The molecule has 1 aliphatic rings. The highest BCUT2D eigenvalue weighted by molar-refractivity contribution is 5.91. The number of anilines is 1. The minimum atomic E-state index is -4.54. The Hall–Kier alpha value is -2.42. The van der Waals surface area contributed by atoms with Crippen molar-refractivity contribution in [2.75, 3.05) is 11.9 Å². The van der Waals surface area contributed by atoms with Gasteiger partial charge in [-0.2, -0.15) is 18.3 Å². The highest BCUT2D eigenvalue weighted by Gasteiger charge is 2.32. The Morgan fingerprint density at radius 3 is 2.96 bits per heavy atom. The number of nitrogens with zero attached hydrogens (tertiary/aromatic N) is 2. The summed E-state index contributed by atoms with van der Waals surface area (Å²) in [6.45, 7) is 0.687. The topological polar surface area (TPSA) is 79.9 Å². The van der Waals surface area contributed by atoms with Crippen molar-refractivity contribution in [3.63, 3.8) is 0 Å². The van der Waals surface area contributed by atoms with Gasteiger partial charge in [-0.15, -0.1) is 0 Å². The Morgan fingerprint density at radius 1 is 1.42 bits per heavy atom. The van der Waals surface area contributed by atoms with Crippen LogP contribution in [0.5, 0.6) is 0 Å². The van der Waals surface area contributed by atoms with Gasteiger partial charge in [-0.05, 0) is 25.0 Å². The van der Waals surface area contributed by atoms with Crippen LogP contribution >= 0.6 is 0 Å². The number of carbonyl (C=O) groups excluding carboxylic acids is 1. The van der Waals surface area contributed by atoms with Gasteiger partial charge in [-0.1, -0.05) is 6.07 Å². The van der Waals surface area contributed by atoms with Crippen LogP contribution in [-0.2, 0) is 22.1 Å². The number of ether oxygens (including phenoxy) is 1. The summed E-state index contributed by atoms with van der Waals surface area (Å²) in [5, 5.41) is 9.29. The molecule has 1 saturated heterocycles. The summed E-state index contributed by atoms with van der Waals surface area (Å²) in [6, 6.07) is 5.12. The second-order valence-electron chi connectivity index (χ2n) is 5.45. The fourth-order valence-electron chi connectivity index (χ4n) is 2.48. The van der Waals surface area contributed by atoms with E-state index in [9.17, 15) is 18.0 Å². The molecule has 128 valence electrons. The first-order valence-electron chi connectivity index (χ1n) is 7.42. The largest absolute Gasteiger partial charge is 0.433 e. The van der Waals surface area contributed by atoms with Crippen molar-refractivity contribution in [1.82, 2.24) is 15.2 Å². The van der Waals surface area contributed by atoms with Crippen LogP contribution in [0.3, 0.4) is 0 Å². The van der Waals surface area contributed by atoms with Crippen LogP contribution in [-0.4, -0.2) is 27.7 Å². The molecule has 1 unspecified atom stereocenters. The van der Waals surface area contributed by atoms with E-state index in [0.717, 1.165) is 24.6 Å². The number of aromatic amines is 1. The van der Waals surface area contributed by atoms with Gasteiger partial charge in [0, 0.05) is 12.7 Å². The first-order valence-corrected chi connectivity index (χ1v) is 7.42. The Balaban J connectivity index is 1.61. The molecule has 0 radical (unpaired) electrons. The number of H-pyrrole nitrogens is 1. The quantitative estimate of drug-likeness (QED) is 0.897. The summed E-state index contributed by atoms with van der Waals surface area (Å²) in [7, 11) is 0. The van der Waals surface area contributed by atoms with Crippen molar-refractivity contribution in [1.29, 1.82) is 0 Å². The smallest absolute Gasteiger partial charge is 0.372 e. The number of amides is 1. The third kappa shape index (κ3) is 3.91. The lowest BCUT2D eigenvalue weighted by molar-refractivity contribution is -0.141. The zero-order valence-corrected chi connectivity index (χ0v) is 12.6. The Kier molecular flexibility index (Phi) is 4.52. The van der Waals surface area contributed by atoms with Gasteiger partial charge in [-0.3, -0.25) is 9.89 Å². The Bertz CT molecular complexity index is 724. The Morgan fingerprint density at radius 2 is 2.25 bits per heavy atom.